The lowest BCUT2D eigenvalue weighted by Crippen LogP contribution is -2.37. The maximum atomic E-state index is 13.1. The van der Waals surface area contributed by atoms with E-state index in [4.69, 9.17) is 0 Å². The Morgan fingerprint density at radius 1 is 0.808 bits per heavy atom. The average molecular weight is 352 g/mol. The van der Waals surface area contributed by atoms with Crippen molar-refractivity contribution in [3.8, 4) is 0 Å². The van der Waals surface area contributed by atoms with Gasteiger partial charge in [-0.2, -0.15) is 0 Å². The van der Waals surface area contributed by atoms with E-state index in [-0.39, 0.29) is 5.82 Å². The van der Waals surface area contributed by atoms with Crippen LogP contribution in [0.5, 0.6) is 0 Å². The van der Waals surface area contributed by atoms with Crippen LogP contribution in [-0.2, 0) is 6.54 Å². The van der Waals surface area contributed by atoms with Gasteiger partial charge in [0, 0.05) is 19.6 Å². The summed E-state index contributed by atoms with van der Waals surface area (Å²) in [5, 5.41) is 0. The number of halogens is 1. The molecule has 2 saturated heterocycles. The third kappa shape index (κ3) is 4.52. The van der Waals surface area contributed by atoms with Gasteiger partial charge >= 0.3 is 0 Å². The van der Waals surface area contributed by atoms with Crippen LogP contribution in [0.15, 0.2) is 54.6 Å². The minimum Gasteiger partial charge on any atom is -0.303 e. The van der Waals surface area contributed by atoms with Gasteiger partial charge in [0.05, 0.1) is 0 Å². The van der Waals surface area contributed by atoms with Crippen molar-refractivity contribution in [2.45, 2.75) is 31.7 Å². The van der Waals surface area contributed by atoms with Gasteiger partial charge in [-0.05, 0) is 74.0 Å². The second-order valence-corrected chi connectivity index (χ2v) is 8.00. The van der Waals surface area contributed by atoms with Crippen molar-refractivity contribution in [3.63, 3.8) is 0 Å². The molecule has 2 nitrogen and oxygen atoms in total. The van der Waals surface area contributed by atoms with Crippen LogP contribution < -0.4 is 0 Å². The molecule has 0 aromatic heterocycles. The van der Waals surface area contributed by atoms with Gasteiger partial charge in [0.1, 0.15) is 5.82 Å². The van der Waals surface area contributed by atoms with E-state index in [0.717, 1.165) is 12.5 Å². The molecule has 0 spiro atoms. The SMILES string of the molecule is Fc1ccc(C2CCN(C[C@H]3CCN(Cc4ccccc4)C3)CC2)cc1. The van der Waals surface area contributed by atoms with E-state index in [1.807, 2.05) is 12.1 Å². The Morgan fingerprint density at radius 2 is 1.50 bits per heavy atom. The summed E-state index contributed by atoms with van der Waals surface area (Å²) in [5.41, 5.74) is 2.73. The number of likely N-dealkylation sites (tertiary alicyclic amines) is 2. The summed E-state index contributed by atoms with van der Waals surface area (Å²) in [5.74, 6) is 1.28. The second kappa shape index (κ2) is 8.32. The zero-order valence-corrected chi connectivity index (χ0v) is 15.5. The summed E-state index contributed by atoms with van der Waals surface area (Å²) in [7, 11) is 0. The van der Waals surface area contributed by atoms with Gasteiger partial charge in [-0.15, -0.1) is 0 Å². The van der Waals surface area contributed by atoms with Crippen molar-refractivity contribution in [2.24, 2.45) is 5.92 Å². The van der Waals surface area contributed by atoms with Gasteiger partial charge in [0.25, 0.3) is 0 Å². The highest BCUT2D eigenvalue weighted by molar-refractivity contribution is 5.21. The maximum Gasteiger partial charge on any atom is 0.123 e. The zero-order chi connectivity index (χ0) is 17.8. The van der Waals surface area contributed by atoms with Crippen molar-refractivity contribution in [3.05, 3.63) is 71.5 Å². The molecule has 2 heterocycles. The summed E-state index contributed by atoms with van der Waals surface area (Å²) in [4.78, 5) is 5.25. The number of benzene rings is 2. The minimum absolute atomic E-state index is 0.132. The predicted octanol–water partition coefficient (Wildman–Crippen LogP) is 4.53. The van der Waals surface area contributed by atoms with E-state index in [1.54, 1.807) is 12.1 Å². The van der Waals surface area contributed by atoms with Crippen LogP contribution >= 0.6 is 0 Å². The van der Waals surface area contributed by atoms with Crippen molar-refractivity contribution >= 4 is 0 Å². The molecule has 0 aliphatic carbocycles. The first-order chi connectivity index (χ1) is 12.8. The molecule has 3 heteroatoms. The van der Waals surface area contributed by atoms with Crippen LogP contribution in [0.2, 0.25) is 0 Å². The zero-order valence-electron chi connectivity index (χ0n) is 15.5. The predicted molar refractivity (Wildman–Crippen MR) is 105 cm³/mol. The molecule has 0 bridgehead atoms. The average Bonchev–Trinajstić information content (AvgIpc) is 3.11. The molecule has 0 amide bonds. The Balaban J connectivity index is 1.22. The Hall–Kier alpha value is -1.71. The van der Waals surface area contributed by atoms with Crippen LogP contribution in [0, 0.1) is 11.7 Å². The summed E-state index contributed by atoms with van der Waals surface area (Å²) in [6.45, 7) is 7.14. The van der Waals surface area contributed by atoms with E-state index in [9.17, 15) is 4.39 Å². The van der Waals surface area contributed by atoms with Crippen LogP contribution in [-0.4, -0.2) is 42.5 Å². The van der Waals surface area contributed by atoms with Crippen LogP contribution in [0.4, 0.5) is 4.39 Å². The van der Waals surface area contributed by atoms with E-state index in [1.165, 1.54) is 63.1 Å². The van der Waals surface area contributed by atoms with Crippen molar-refractivity contribution in [1.82, 2.24) is 9.80 Å². The summed E-state index contributed by atoms with van der Waals surface area (Å²) in [6.07, 6.45) is 3.73. The molecule has 2 aliphatic rings. The molecule has 2 fully saturated rings. The molecule has 0 radical (unpaired) electrons. The molecular weight excluding hydrogens is 323 g/mol. The van der Waals surface area contributed by atoms with Crippen LogP contribution in [0.25, 0.3) is 0 Å². The maximum absolute atomic E-state index is 13.1. The Labute approximate surface area is 156 Å². The first-order valence-corrected chi connectivity index (χ1v) is 10.0. The van der Waals surface area contributed by atoms with E-state index in [2.05, 4.69) is 40.1 Å². The highest BCUT2D eigenvalue weighted by Crippen LogP contribution is 2.29. The van der Waals surface area contributed by atoms with Crippen molar-refractivity contribution in [1.29, 1.82) is 0 Å². The molecule has 4 rings (SSSR count). The van der Waals surface area contributed by atoms with Crippen molar-refractivity contribution < 1.29 is 4.39 Å². The molecule has 2 aromatic rings. The molecule has 0 saturated carbocycles. The van der Waals surface area contributed by atoms with E-state index < -0.39 is 0 Å². The van der Waals surface area contributed by atoms with Gasteiger partial charge in [-0.1, -0.05) is 42.5 Å². The molecule has 1 atom stereocenters. The Morgan fingerprint density at radius 3 is 2.23 bits per heavy atom. The summed E-state index contributed by atoms with van der Waals surface area (Å²) in [6, 6.07) is 17.9. The van der Waals surface area contributed by atoms with E-state index >= 15 is 0 Å². The van der Waals surface area contributed by atoms with E-state index in [0.29, 0.717) is 5.92 Å². The lowest BCUT2D eigenvalue weighted by atomic mass is 9.89. The molecule has 26 heavy (non-hydrogen) atoms. The second-order valence-electron chi connectivity index (χ2n) is 8.00. The monoisotopic (exact) mass is 352 g/mol. The van der Waals surface area contributed by atoms with Gasteiger partial charge in [0.2, 0.25) is 0 Å². The van der Waals surface area contributed by atoms with Crippen LogP contribution in [0.3, 0.4) is 0 Å². The fourth-order valence-corrected chi connectivity index (χ4v) is 4.60. The summed E-state index contributed by atoms with van der Waals surface area (Å²) >= 11 is 0. The lowest BCUT2D eigenvalue weighted by Gasteiger charge is -2.33. The standard InChI is InChI=1S/C23H29FN2/c24-23-8-6-21(7-9-23)22-11-14-25(15-12-22)17-20-10-13-26(18-20)16-19-4-2-1-3-5-19/h1-9,20,22H,10-18H2/t20-/m1/s1. The lowest BCUT2D eigenvalue weighted by molar-refractivity contribution is 0.181. The largest absolute Gasteiger partial charge is 0.303 e. The number of hydrogen-bond donors (Lipinski definition) is 0. The molecule has 0 unspecified atom stereocenters. The summed E-state index contributed by atoms with van der Waals surface area (Å²) < 4.78 is 13.1. The third-order valence-electron chi connectivity index (χ3n) is 6.06. The Kier molecular flexibility index (Phi) is 5.66. The molecule has 0 N–H and O–H groups in total. The third-order valence-corrected chi connectivity index (χ3v) is 6.06. The topological polar surface area (TPSA) is 6.48 Å². The molecule has 2 aromatic carbocycles. The van der Waals surface area contributed by atoms with Gasteiger partial charge < -0.3 is 4.90 Å². The quantitative estimate of drug-likeness (QED) is 0.780. The number of rotatable bonds is 5. The molecule has 2 aliphatic heterocycles. The normalized spacial score (nSPS) is 22.7. The van der Waals surface area contributed by atoms with Gasteiger partial charge in [-0.25, -0.2) is 4.39 Å². The highest BCUT2D eigenvalue weighted by atomic mass is 19.1. The number of hydrogen-bond acceptors (Lipinski definition) is 2. The first-order valence-electron chi connectivity index (χ1n) is 10.0. The minimum atomic E-state index is -0.132. The first kappa shape index (κ1) is 17.7. The smallest absolute Gasteiger partial charge is 0.123 e. The highest BCUT2D eigenvalue weighted by Gasteiger charge is 2.27. The van der Waals surface area contributed by atoms with Gasteiger partial charge in [0.15, 0.2) is 0 Å². The fourth-order valence-electron chi connectivity index (χ4n) is 4.60. The Bertz CT molecular complexity index is 677. The molecule has 138 valence electrons. The van der Waals surface area contributed by atoms with Gasteiger partial charge in [-0.3, -0.25) is 4.90 Å². The fraction of sp³-hybridized carbons (Fsp3) is 0.478. The molecular formula is C23H29FN2. The van der Waals surface area contributed by atoms with Crippen LogP contribution in [0.1, 0.15) is 36.3 Å². The number of piperidine rings is 1. The van der Waals surface area contributed by atoms with Crippen molar-refractivity contribution in [2.75, 3.05) is 32.7 Å². The number of nitrogens with zero attached hydrogens (tertiary/aromatic N) is 2.